The molecule has 5 heteroatoms. The number of carbonyl (C=O) groups excluding carboxylic acids is 1. The third kappa shape index (κ3) is 3.70. The molecule has 2 N–H and O–H groups in total. The van der Waals surface area contributed by atoms with Gasteiger partial charge in [0.1, 0.15) is 6.17 Å². The molecule has 28 heavy (non-hydrogen) atoms. The Morgan fingerprint density at radius 3 is 2.43 bits per heavy atom. The molecule has 1 saturated heterocycles. The van der Waals surface area contributed by atoms with Gasteiger partial charge in [-0.05, 0) is 34.4 Å². The van der Waals surface area contributed by atoms with E-state index in [9.17, 15) is 9.90 Å². The number of phenols is 1. The average Bonchev–Trinajstić information content (AvgIpc) is 3.09. The summed E-state index contributed by atoms with van der Waals surface area (Å²) in [5, 5.41) is 13.1. The van der Waals surface area contributed by atoms with Crippen LogP contribution < -0.4 is 10.1 Å². The number of methoxy groups -OCH3 is 1. The monoisotopic (exact) mass is 374 g/mol. The van der Waals surface area contributed by atoms with E-state index in [1.54, 1.807) is 12.1 Å². The van der Waals surface area contributed by atoms with Gasteiger partial charge < -0.3 is 15.2 Å². The largest absolute Gasteiger partial charge is 0.504 e. The van der Waals surface area contributed by atoms with E-state index in [0.29, 0.717) is 18.8 Å². The quantitative estimate of drug-likeness (QED) is 0.715. The number of nitrogens with one attached hydrogen (secondary N) is 1. The van der Waals surface area contributed by atoms with Gasteiger partial charge in [-0.2, -0.15) is 0 Å². The van der Waals surface area contributed by atoms with Crippen LogP contribution in [0.2, 0.25) is 0 Å². The number of hydrogen-bond acceptors (Lipinski definition) is 4. The van der Waals surface area contributed by atoms with E-state index in [1.807, 2.05) is 24.3 Å². The summed E-state index contributed by atoms with van der Waals surface area (Å²) >= 11 is 0. The summed E-state index contributed by atoms with van der Waals surface area (Å²) in [6.45, 7) is 0.948. The van der Waals surface area contributed by atoms with Gasteiger partial charge in [-0.25, -0.2) is 0 Å². The van der Waals surface area contributed by atoms with Gasteiger partial charge in [-0.1, -0.05) is 60.7 Å². The molecule has 1 atom stereocenters. The van der Waals surface area contributed by atoms with Crippen molar-refractivity contribution in [3.63, 3.8) is 0 Å². The minimum absolute atomic E-state index is 0.0267. The van der Waals surface area contributed by atoms with E-state index in [1.165, 1.54) is 12.7 Å². The summed E-state index contributed by atoms with van der Waals surface area (Å²) in [7, 11) is 1.51. The topological polar surface area (TPSA) is 61.8 Å². The molecule has 1 fully saturated rings. The smallest absolute Gasteiger partial charge is 0.235 e. The van der Waals surface area contributed by atoms with E-state index in [4.69, 9.17) is 4.74 Å². The van der Waals surface area contributed by atoms with Gasteiger partial charge in [0, 0.05) is 6.54 Å². The fourth-order valence-corrected chi connectivity index (χ4v) is 3.55. The molecule has 4 rings (SSSR count). The predicted octanol–water partition coefficient (Wildman–Crippen LogP) is 3.70. The van der Waals surface area contributed by atoms with Crippen LogP contribution in [0.4, 0.5) is 0 Å². The van der Waals surface area contributed by atoms with Crippen LogP contribution in [-0.2, 0) is 11.3 Å². The predicted molar refractivity (Wildman–Crippen MR) is 108 cm³/mol. The maximum Gasteiger partial charge on any atom is 0.235 e. The highest BCUT2D eigenvalue weighted by molar-refractivity contribution is 5.80. The standard InChI is InChI=1S/C23H22N2O3/c1-28-21-12-11-19(13-20(21)26)23-24-22(27)15-25(23)14-16-7-9-18(10-8-16)17-5-3-2-4-6-17/h2-13,23,26H,14-15H2,1H3,(H,24,27)/t23-/m1/s1. The third-order valence-corrected chi connectivity index (χ3v) is 4.97. The van der Waals surface area contributed by atoms with Crippen LogP contribution in [-0.4, -0.2) is 29.6 Å². The van der Waals surface area contributed by atoms with Gasteiger partial charge in [0.2, 0.25) is 5.91 Å². The summed E-state index contributed by atoms with van der Waals surface area (Å²) in [6, 6.07) is 23.8. The Labute approximate surface area is 164 Å². The molecule has 1 aliphatic heterocycles. The highest BCUT2D eigenvalue weighted by Gasteiger charge is 2.31. The summed E-state index contributed by atoms with van der Waals surface area (Å²) in [5.74, 6) is 0.450. The molecule has 1 aliphatic rings. The van der Waals surface area contributed by atoms with Crippen molar-refractivity contribution in [2.75, 3.05) is 13.7 Å². The second-order valence-corrected chi connectivity index (χ2v) is 6.87. The molecule has 0 aliphatic carbocycles. The molecule has 0 saturated carbocycles. The zero-order valence-electron chi connectivity index (χ0n) is 15.6. The van der Waals surface area contributed by atoms with Crippen molar-refractivity contribution in [2.24, 2.45) is 0 Å². The van der Waals surface area contributed by atoms with Gasteiger partial charge in [-0.3, -0.25) is 9.69 Å². The zero-order valence-corrected chi connectivity index (χ0v) is 15.6. The number of ether oxygens (including phenoxy) is 1. The molecule has 0 radical (unpaired) electrons. The maximum absolute atomic E-state index is 12.0. The molecular weight excluding hydrogens is 352 g/mol. The number of benzene rings is 3. The lowest BCUT2D eigenvalue weighted by Gasteiger charge is -2.24. The molecule has 0 unspecified atom stereocenters. The van der Waals surface area contributed by atoms with Crippen LogP contribution in [0, 0.1) is 0 Å². The first-order chi connectivity index (χ1) is 13.6. The first kappa shape index (κ1) is 18.1. The van der Waals surface area contributed by atoms with Crippen LogP contribution in [0.3, 0.4) is 0 Å². The van der Waals surface area contributed by atoms with E-state index in [-0.39, 0.29) is 17.8 Å². The lowest BCUT2D eigenvalue weighted by molar-refractivity contribution is -0.118. The third-order valence-electron chi connectivity index (χ3n) is 4.97. The minimum atomic E-state index is -0.280. The fourth-order valence-electron chi connectivity index (χ4n) is 3.55. The van der Waals surface area contributed by atoms with Crippen molar-refractivity contribution in [3.8, 4) is 22.6 Å². The maximum atomic E-state index is 12.0. The summed E-state index contributed by atoms with van der Waals surface area (Å²) in [6.07, 6.45) is -0.280. The minimum Gasteiger partial charge on any atom is -0.504 e. The Morgan fingerprint density at radius 1 is 1.04 bits per heavy atom. The van der Waals surface area contributed by atoms with Crippen molar-refractivity contribution < 1.29 is 14.6 Å². The molecule has 0 aromatic heterocycles. The molecule has 142 valence electrons. The van der Waals surface area contributed by atoms with Gasteiger partial charge in [0.15, 0.2) is 11.5 Å². The number of hydrogen-bond donors (Lipinski definition) is 2. The fraction of sp³-hybridized carbons (Fsp3) is 0.174. The van der Waals surface area contributed by atoms with Gasteiger partial charge in [0.05, 0.1) is 13.7 Å². The molecular formula is C23H22N2O3. The second kappa shape index (κ2) is 7.74. The van der Waals surface area contributed by atoms with E-state index in [0.717, 1.165) is 16.7 Å². The number of nitrogens with zero attached hydrogens (tertiary/aromatic N) is 1. The lowest BCUT2D eigenvalue weighted by atomic mass is 10.0. The summed E-state index contributed by atoms with van der Waals surface area (Å²) in [5.41, 5.74) is 4.29. The lowest BCUT2D eigenvalue weighted by Crippen LogP contribution is -2.27. The van der Waals surface area contributed by atoms with Crippen LogP contribution in [0.1, 0.15) is 17.3 Å². The molecule has 1 heterocycles. The first-order valence-corrected chi connectivity index (χ1v) is 9.19. The number of carbonyl (C=O) groups is 1. The van der Waals surface area contributed by atoms with Crippen molar-refractivity contribution >= 4 is 5.91 Å². The highest BCUT2D eigenvalue weighted by atomic mass is 16.5. The van der Waals surface area contributed by atoms with Gasteiger partial charge in [0.25, 0.3) is 0 Å². The van der Waals surface area contributed by atoms with Crippen molar-refractivity contribution in [2.45, 2.75) is 12.7 Å². The SMILES string of the molecule is COc1ccc([C@@H]2NC(=O)CN2Cc2ccc(-c3ccccc3)cc2)cc1O. The summed E-state index contributed by atoms with van der Waals surface area (Å²) in [4.78, 5) is 14.1. The van der Waals surface area contributed by atoms with Crippen LogP contribution >= 0.6 is 0 Å². The van der Waals surface area contributed by atoms with E-state index in [2.05, 4.69) is 46.6 Å². The Balaban J connectivity index is 1.53. The number of rotatable bonds is 5. The van der Waals surface area contributed by atoms with Crippen LogP contribution in [0.5, 0.6) is 11.5 Å². The van der Waals surface area contributed by atoms with Crippen LogP contribution in [0.25, 0.3) is 11.1 Å². The number of aromatic hydroxyl groups is 1. The van der Waals surface area contributed by atoms with Gasteiger partial charge in [-0.15, -0.1) is 0 Å². The Hall–Kier alpha value is -3.31. The molecule has 1 amide bonds. The van der Waals surface area contributed by atoms with E-state index >= 15 is 0 Å². The second-order valence-electron chi connectivity index (χ2n) is 6.87. The molecule has 0 bridgehead atoms. The molecule has 3 aromatic rings. The summed E-state index contributed by atoms with van der Waals surface area (Å²) < 4.78 is 5.10. The molecule has 5 nitrogen and oxygen atoms in total. The molecule has 0 spiro atoms. The van der Waals surface area contributed by atoms with Crippen LogP contribution in [0.15, 0.2) is 72.8 Å². The Kier molecular flexibility index (Phi) is 5.00. The number of phenolic OH excluding ortho intramolecular Hbond substituents is 1. The normalized spacial score (nSPS) is 16.8. The van der Waals surface area contributed by atoms with Gasteiger partial charge >= 0.3 is 0 Å². The highest BCUT2D eigenvalue weighted by Crippen LogP contribution is 2.32. The Bertz CT molecular complexity index is 971. The van der Waals surface area contributed by atoms with Crippen molar-refractivity contribution in [3.05, 3.63) is 83.9 Å². The molecule has 3 aromatic carbocycles. The number of amides is 1. The van der Waals surface area contributed by atoms with E-state index < -0.39 is 0 Å². The average molecular weight is 374 g/mol. The zero-order chi connectivity index (χ0) is 19.5. The Morgan fingerprint density at radius 2 is 1.75 bits per heavy atom. The first-order valence-electron chi connectivity index (χ1n) is 9.19. The van der Waals surface area contributed by atoms with Crippen molar-refractivity contribution in [1.29, 1.82) is 0 Å². The van der Waals surface area contributed by atoms with Crippen molar-refractivity contribution in [1.82, 2.24) is 10.2 Å².